The van der Waals surface area contributed by atoms with Crippen molar-refractivity contribution in [1.29, 1.82) is 0 Å². The minimum absolute atomic E-state index is 0.145. The summed E-state index contributed by atoms with van der Waals surface area (Å²) >= 11 is 0. The molecule has 0 aliphatic carbocycles. The Morgan fingerprint density at radius 1 is 1.30 bits per heavy atom. The van der Waals surface area contributed by atoms with Crippen molar-refractivity contribution in [2.24, 2.45) is 5.73 Å². The summed E-state index contributed by atoms with van der Waals surface area (Å²) < 4.78 is 6.87. The molecule has 1 aromatic carbocycles. The highest BCUT2D eigenvalue weighted by Gasteiger charge is 2.11. The van der Waals surface area contributed by atoms with Gasteiger partial charge in [0, 0.05) is 11.6 Å². The van der Waals surface area contributed by atoms with E-state index in [1.807, 2.05) is 37.3 Å². The molecule has 0 saturated carbocycles. The molecule has 0 radical (unpaired) electrons. The Bertz CT molecular complexity index is 688. The summed E-state index contributed by atoms with van der Waals surface area (Å²) in [6, 6.07) is 9.47. The van der Waals surface area contributed by atoms with E-state index >= 15 is 0 Å². The maximum Gasteiger partial charge on any atom is 0.257 e. The van der Waals surface area contributed by atoms with Crippen molar-refractivity contribution < 1.29 is 4.52 Å². The molecule has 102 valence electrons. The zero-order valence-electron chi connectivity index (χ0n) is 11.0. The standard InChI is InChI=1S/C13H14N6O/c1-9(14)11-7-19(18-16-11)8-12-15-13(20-17-12)10-5-3-2-4-6-10/h2-7,9H,8,14H2,1H3. The number of benzene rings is 1. The molecule has 2 aromatic heterocycles. The SMILES string of the molecule is CC(N)c1cn(Cc2noc(-c3ccccc3)n2)nn1. The maximum atomic E-state index is 5.73. The highest BCUT2D eigenvalue weighted by Crippen LogP contribution is 2.16. The second-order valence-electron chi connectivity index (χ2n) is 4.51. The summed E-state index contributed by atoms with van der Waals surface area (Å²) in [5.74, 6) is 1.04. The first-order chi connectivity index (χ1) is 9.72. The minimum Gasteiger partial charge on any atom is -0.334 e. The van der Waals surface area contributed by atoms with E-state index in [9.17, 15) is 0 Å². The molecule has 7 nitrogen and oxygen atoms in total. The Morgan fingerprint density at radius 2 is 2.10 bits per heavy atom. The molecule has 7 heteroatoms. The molecule has 0 aliphatic rings. The topological polar surface area (TPSA) is 95.7 Å². The average molecular weight is 270 g/mol. The van der Waals surface area contributed by atoms with Gasteiger partial charge in [-0.15, -0.1) is 5.10 Å². The first-order valence-electron chi connectivity index (χ1n) is 6.26. The molecule has 0 fully saturated rings. The molecule has 0 saturated heterocycles. The van der Waals surface area contributed by atoms with E-state index in [0.717, 1.165) is 11.3 Å². The van der Waals surface area contributed by atoms with Crippen molar-refractivity contribution >= 4 is 0 Å². The van der Waals surface area contributed by atoms with Crippen LogP contribution in [-0.4, -0.2) is 25.1 Å². The molecule has 3 rings (SSSR count). The molecular weight excluding hydrogens is 256 g/mol. The first-order valence-corrected chi connectivity index (χ1v) is 6.26. The fraction of sp³-hybridized carbons (Fsp3) is 0.231. The van der Waals surface area contributed by atoms with Gasteiger partial charge in [-0.1, -0.05) is 28.6 Å². The zero-order valence-corrected chi connectivity index (χ0v) is 11.0. The molecule has 1 unspecified atom stereocenters. The van der Waals surface area contributed by atoms with E-state index < -0.39 is 0 Å². The summed E-state index contributed by atoms with van der Waals surface area (Å²) in [4.78, 5) is 4.33. The van der Waals surface area contributed by atoms with Crippen molar-refractivity contribution in [3.63, 3.8) is 0 Å². The van der Waals surface area contributed by atoms with Crippen LogP contribution in [0.5, 0.6) is 0 Å². The van der Waals surface area contributed by atoms with Gasteiger partial charge in [0.05, 0.1) is 11.9 Å². The van der Waals surface area contributed by atoms with Gasteiger partial charge in [0.25, 0.3) is 5.89 Å². The Balaban J connectivity index is 1.77. The van der Waals surface area contributed by atoms with Gasteiger partial charge in [-0.2, -0.15) is 4.98 Å². The van der Waals surface area contributed by atoms with E-state index in [0.29, 0.717) is 18.3 Å². The van der Waals surface area contributed by atoms with E-state index in [1.165, 1.54) is 0 Å². The molecule has 20 heavy (non-hydrogen) atoms. The van der Waals surface area contributed by atoms with Crippen LogP contribution in [0.3, 0.4) is 0 Å². The van der Waals surface area contributed by atoms with Gasteiger partial charge >= 0.3 is 0 Å². The Labute approximate surface area is 115 Å². The van der Waals surface area contributed by atoms with Crippen LogP contribution >= 0.6 is 0 Å². The highest BCUT2D eigenvalue weighted by atomic mass is 16.5. The van der Waals surface area contributed by atoms with Gasteiger partial charge in [0.15, 0.2) is 5.82 Å². The summed E-state index contributed by atoms with van der Waals surface area (Å²) in [5, 5.41) is 11.9. The summed E-state index contributed by atoms with van der Waals surface area (Å²) in [5.41, 5.74) is 7.36. The van der Waals surface area contributed by atoms with Crippen LogP contribution in [0.15, 0.2) is 41.1 Å². The molecule has 3 aromatic rings. The Morgan fingerprint density at radius 3 is 2.80 bits per heavy atom. The lowest BCUT2D eigenvalue weighted by Gasteiger charge is -1.96. The lowest BCUT2D eigenvalue weighted by molar-refractivity contribution is 0.418. The second-order valence-corrected chi connectivity index (χ2v) is 4.51. The monoisotopic (exact) mass is 270 g/mol. The highest BCUT2D eigenvalue weighted by molar-refractivity contribution is 5.51. The number of hydrogen-bond acceptors (Lipinski definition) is 6. The quantitative estimate of drug-likeness (QED) is 0.769. The van der Waals surface area contributed by atoms with Crippen LogP contribution in [0.2, 0.25) is 0 Å². The Hall–Kier alpha value is -2.54. The van der Waals surface area contributed by atoms with Crippen LogP contribution < -0.4 is 5.73 Å². The molecular formula is C13H14N6O. The Kier molecular flexibility index (Phi) is 3.26. The summed E-state index contributed by atoms with van der Waals surface area (Å²) in [7, 11) is 0. The maximum absolute atomic E-state index is 5.73. The molecule has 0 amide bonds. The number of aromatic nitrogens is 5. The van der Waals surface area contributed by atoms with Gasteiger partial charge in [-0.3, -0.25) is 0 Å². The van der Waals surface area contributed by atoms with Crippen molar-refractivity contribution in [3.05, 3.63) is 48.0 Å². The van der Waals surface area contributed by atoms with Crippen molar-refractivity contribution in [2.45, 2.75) is 19.5 Å². The van der Waals surface area contributed by atoms with E-state index in [2.05, 4.69) is 20.5 Å². The molecule has 0 bridgehead atoms. The molecule has 0 aliphatic heterocycles. The average Bonchev–Trinajstić information content (AvgIpc) is 3.10. The lowest BCUT2D eigenvalue weighted by Crippen LogP contribution is -2.05. The van der Waals surface area contributed by atoms with Gasteiger partial charge in [-0.25, -0.2) is 4.68 Å². The third-order valence-electron chi connectivity index (χ3n) is 2.82. The summed E-state index contributed by atoms with van der Waals surface area (Å²) in [6.45, 7) is 2.26. The van der Waals surface area contributed by atoms with Crippen molar-refractivity contribution in [2.75, 3.05) is 0 Å². The second kappa shape index (κ2) is 5.22. The van der Waals surface area contributed by atoms with E-state index in [1.54, 1.807) is 10.9 Å². The molecule has 2 heterocycles. The largest absolute Gasteiger partial charge is 0.334 e. The zero-order chi connectivity index (χ0) is 13.9. The van der Waals surface area contributed by atoms with Crippen molar-refractivity contribution in [3.8, 4) is 11.5 Å². The predicted octanol–water partition coefficient (Wildman–Crippen LogP) is 1.40. The van der Waals surface area contributed by atoms with Crippen LogP contribution in [0.1, 0.15) is 24.5 Å². The van der Waals surface area contributed by atoms with E-state index in [-0.39, 0.29) is 6.04 Å². The smallest absolute Gasteiger partial charge is 0.257 e. The van der Waals surface area contributed by atoms with Crippen LogP contribution in [-0.2, 0) is 6.54 Å². The number of nitrogens with zero attached hydrogens (tertiary/aromatic N) is 5. The number of nitrogens with two attached hydrogens (primary N) is 1. The normalized spacial score (nSPS) is 12.5. The fourth-order valence-electron chi connectivity index (χ4n) is 1.76. The summed E-state index contributed by atoms with van der Waals surface area (Å²) in [6.07, 6.45) is 1.78. The van der Waals surface area contributed by atoms with Gasteiger partial charge < -0.3 is 10.3 Å². The fourth-order valence-corrected chi connectivity index (χ4v) is 1.76. The van der Waals surface area contributed by atoms with Crippen LogP contribution in [0.4, 0.5) is 0 Å². The minimum atomic E-state index is -0.145. The third kappa shape index (κ3) is 2.57. The van der Waals surface area contributed by atoms with Crippen LogP contribution in [0.25, 0.3) is 11.5 Å². The molecule has 2 N–H and O–H groups in total. The first kappa shape index (κ1) is 12.5. The predicted molar refractivity (Wildman–Crippen MR) is 71.5 cm³/mol. The van der Waals surface area contributed by atoms with Crippen LogP contribution in [0, 0.1) is 0 Å². The van der Waals surface area contributed by atoms with E-state index in [4.69, 9.17) is 10.3 Å². The molecule has 0 spiro atoms. The molecule has 1 atom stereocenters. The lowest BCUT2D eigenvalue weighted by atomic mass is 10.2. The van der Waals surface area contributed by atoms with Crippen molar-refractivity contribution in [1.82, 2.24) is 25.1 Å². The number of hydrogen-bond donors (Lipinski definition) is 1. The van der Waals surface area contributed by atoms with Gasteiger partial charge in [0.2, 0.25) is 0 Å². The third-order valence-corrected chi connectivity index (χ3v) is 2.82. The van der Waals surface area contributed by atoms with Gasteiger partial charge in [-0.05, 0) is 19.1 Å². The van der Waals surface area contributed by atoms with Gasteiger partial charge in [0.1, 0.15) is 6.54 Å². The number of rotatable bonds is 4.